The Bertz CT molecular complexity index is 488. The van der Waals surface area contributed by atoms with Crippen LogP contribution in [0.1, 0.15) is 30.0 Å². The lowest BCUT2D eigenvalue weighted by Gasteiger charge is -2.02. The van der Waals surface area contributed by atoms with Crippen molar-refractivity contribution in [1.29, 1.82) is 0 Å². The summed E-state index contributed by atoms with van der Waals surface area (Å²) in [5.74, 6) is 0.677. The maximum atomic E-state index is 4.28. The third-order valence-electron chi connectivity index (χ3n) is 2.84. The zero-order valence-corrected chi connectivity index (χ0v) is 11.0. The monoisotopic (exact) mass is 325 g/mol. The molecule has 0 atom stereocenters. The van der Waals surface area contributed by atoms with E-state index >= 15 is 0 Å². The van der Waals surface area contributed by atoms with E-state index < -0.39 is 0 Å². The minimum absolute atomic E-state index is 0.677. The van der Waals surface area contributed by atoms with E-state index in [2.05, 4.69) is 57.2 Å². The Hall–Kier alpha value is -0.910. The highest BCUT2D eigenvalue weighted by Gasteiger charge is 2.29. The van der Waals surface area contributed by atoms with Crippen LogP contribution >= 0.6 is 22.6 Å². The topological polar surface area (TPSA) is 30.7 Å². The van der Waals surface area contributed by atoms with Crippen molar-refractivity contribution in [2.24, 2.45) is 0 Å². The number of hydrogen-bond acceptors (Lipinski definition) is 2. The van der Waals surface area contributed by atoms with Gasteiger partial charge in [-0.05, 0) is 41.0 Å². The van der Waals surface area contributed by atoms with Crippen molar-refractivity contribution >= 4 is 22.6 Å². The summed E-state index contributed by atoms with van der Waals surface area (Å²) in [6.45, 7) is 0.818. The fourth-order valence-electron chi connectivity index (χ4n) is 1.78. The Balaban J connectivity index is 1.84. The first kappa shape index (κ1) is 10.3. The van der Waals surface area contributed by atoms with Crippen LogP contribution in [-0.2, 0) is 6.54 Å². The molecule has 0 saturated heterocycles. The van der Waals surface area contributed by atoms with Crippen molar-refractivity contribution in [2.75, 3.05) is 0 Å². The van der Waals surface area contributed by atoms with Crippen LogP contribution in [0.2, 0.25) is 0 Å². The molecule has 0 bridgehead atoms. The van der Waals surface area contributed by atoms with Crippen molar-refractivity contribution < 1.29 is 0 Å². The van der Waals surface area contributed by atoms with E-state index in [1.54, 1.807) is 0 Å². The molecule has 2 aromatic rings. The predicted molar refractivity (Wildman–Crippen MR) is 70.3 cm³/mol. The van der Waals surface area contributed by atoms with E-state index in [9.17, 15) is 0 Å². The van der Waals surface area contributed by atoms with Gasteiger partial charge in [0.1, 0.15) is 3.70 Å². The normalized spacial score (nSPS) is 15.3. The summed E-state index contributed by atoms with van der Waals surface area (Å²) in [5.41, 5.74) is 2.46. The Morgan fingerprint density at radius 1 is 1.25 bits per heavy atom. The van der Waals surface area contributed by atoms with E-state index in [-0.39, 0.29) is 0 Å². The second-order valence-electron chi connectivity index (χ2n) is 4.18. The number of aromatic nitrogens is 3. The van der Waals surface area contributed by atoms with Crippen LogP contribution in [0.4, 0.5) is 0 Å². The molecule has 82 valence electrons. The average Bonchev–Trinajstić information content (AvgIpc) is 3.08. The van der Waals surface area contributed by atoms with Crippen LogP contribution < -0.4 is 0 Å². The first-order chi connectivity index (χ1) is 7.84. The Morgan fingerprint density at radius 3 is 2.69 bits per heavy atom. The fraction of sp³-hybridized carbons (Fsp3) is 0.333. The Kier molecular flexibility index (Phi) is 2.67. The van der Waals surface area contributed by atoms with Gasteiger partial charge in [-0.2, -0.15) is 0 Å². The van der Waals surface area contributed by atoms with Crippen molar-refractivity contribution in [2.45, 2.75) is 25.3 Å². The number of hydrogen-bond donors (Lipinski definition) is 0. The van der Waals surface area contributed by atoms with Gasteiger partial charge in [0.05, 0.1) is 12.2 Å². The lowest BCUT2D eigenvalue weighted by Crippen LogP contribution is -2.04. The van der Waals surface area contributed by atoms with Crippen LogP contribution in [0, 0.1) is 3.70 Å². The molecule has 0 radical (unpaired) electrons. The molecule has 0 amide bonds. The average molecular weight is 325 g/mol. The summed E-state index contributed by atoms with van der Waals surface area (Å²) in [4.78, 5) is 0. The molecule has 16 heavy (non-hydrogen) atoms. The minimum atomic E-state index is 0.677. The first-order valence-electron chi connectivity index (χ1n) is 5.47. The van der Waals surface area contributed by atoms with Gasteiger partial charge in [0, 0.05) is 5.92 Å². The third-order valence-corrected chi connectivity index (χ3v) is 3.95. The Labute approximate surface area is 108 Å². The lowest BCUT2D eigenvalue weighted by molar-refractivity contribution is 0.636. The second-order valence-corrected chi connectivity index (χ2v) is 5.20. The summed E-state index contributed by atoms with van der Waals surface area (Å²) in [6, 6.07) is 10.4. The molecular weight excluding hydrogens is 313 g/mol. The highest BCUT2D eigenvalue weighted by atomic mass is 127. The van der Waals surface area contributed by atoms with E-state index in [1.165, 1.54) is 27.8 Å². The second kappa shape index (κ2) is 4.16. The molecule has 1 heterocycles. The molecule has 0 spiro atoms. The van der Waals surface area contributed by atoms with Gasteiger partial charge in [0.2, 0.25) is 0 Å². The molecule has 0 aliphatic heterocycles. The van der Waals surface area contributed by atoms with Crippen LogP contribution in [0.25, 0.3) is 0 Å². The summed E-state index contributed by atoms with van der Waals surface area (Å²) in [5, 5.41) is 8.51. The van der Waals surface area contributed by atoms with Gasteiger partial charge < -0.3 is 0 Å². The highest BCUT2D eigenvalue weighted by Crippen LogP contribution is 2.40. The van der Waals surface area contributed by atoms with E-state index in [0.717, 1.165) is 6.54 Å². The van der Waals surface area contributed by atoms with Crippen molar-refractivity contribution in [1.82, 2.24) is 15.0 Å². The highest BCUT2D eigenvalue weighted by molar-refractivity contribution is 14.1. The summed E-state index contributed by atoms with van der Waals surface area (Å²) in [6.07, 6.45) is 2.56. The molecule has 1 fully saturated rings. The van der Waals surface area contributed by atoms with Crippen LogP contribution in [-0.4, -0.2) is 15.0 Å². The van der Waals surface area contributed by atoms with Crippen LogP contribution in [0.15, 0.2) is 30.3 Å². The summed E-state index contributed by atoms with van der Waals surface area (Å²) in [7, 11) is 0. The van der Waals surface area contributed by atoms with Gasteiger partial charge in [0.15, 0.2) is 0 Å². The molecule has 1 saturated carbocycles. The van der Waals surface area contributed by atoms with Crippen molar-refractivity contribution in [3.63, 3.8) is 0 Å². The van der Waals surface area contributed by atoms with Gasteiger partial charge in [-0.3, -0.25) is 0 Å². The first-order valence-corrected chi connectivity index (χ1v) is 6.55. The third kappa shape index (κ3) is 1.98. The summed E-state index contributed by atoms with van der Waals surface area (Å²) < 4.78 is 3.19. The molecule has 1 aromatic carbocycles. The number of benzene rings is 1. The van der Waals surface area contributed by atoms with Crippen molar-refractivity contribution in [3.05, 3.63) is 45.3 Å². The number of rotatable bonds is 3. The largest absolute Gasteiger partial charge is 0.234 e. The maximum Gasteiger partial charge on any atom is 0.123 e. The maximum absolute atomic E-state index is 4.28. The number of halogens is 1. The molecule has 0 N–H and O–H groups in total. The molecule has 0 unspecified atom stereocenters. The molecule has 1 aliphatic rings. The van der Waals surface area contributed by atoms with E-state index in [4.69, 9.17) is 0 Å². The smallest absolute Gasteiger partial charge is 0.123 e. The quantitative estimate of drug-likeness (QED) is 0.813. The van der Waals surface area contributed by atoms with Gasteiger partial charge in [-0.15, -0.1) is 5.10 Å². The SMILES string of the molecule is Ic1c(C2CC2)nnn1Cc1ccccc1. The molecule has 4 heteroatoms. The van der Waals surface area contributed by atoms with Crippen LogP contribution in [0.5, 0.6) is 0 Å². The Morgan fingerprint density at radius 2 is 2.00 bits per heavy atom. The zero-order valence-electron chi connectivity index (χ0n) is 8.81. The molecule has 3 nitrogen and oxygen atoms in total. The molecule has 1 aromatic heterocycles. The van der Waals surface area contributed by atoms with E-state index in [0.29, 0.717) is 5.92 Å². The minimum Gasteiger partial charge on any atom is -0.234 e. The van der Waals surface area contributed by atoms with Gasteiger partial charge in [0.25, 0.3) is 0 Å². The van der Waals surface area contributed by atoms with Crippen molar-refractivity contribution in [3.8, 4) is 0 Å². The summed E-state index contributed by atoms with van der Waals surface area (Å²) >= 11 is 2.36. The van der Waals surface area contributed by atoms with Gasteiger partial charge >= 0.3 is 0 Å². The molecular formula is C12H12IN3. The van der Waals surface area contributed by atoms with E-state index in [1.807, 2.05) is 10.7 Å². The van der Waals surface area contributed by atoms with Gasteiger partial charge in [-0.1, -0.05) is 35.5 Å². The lowest BCUT2D eigenvalue weighted by atomic mass is 10.2. The van der Waals surface area contributed by atoms with Crippen LogP contribution in [0.3, 0.4) is 0 Å². The zero-order chi connectivity index (χ0) is 11.0. The fourth-order valence-corrected chi connectivity index (χ4v) is 2.59. The standard InChI is InChI=1S/C12H12IN3/c13-12-11(10-6-7-10)14-15-16(12)8-9-4-2-1-3-5-9/h1-5,10H,6-8H2. The molecule has 1 aliphatic carbocycles. The predicted octanol–water partition coefficient (Wildman–Crippen LogP) is 2.81. The van der Waals surface area contributed by atoms with Gasteiger partial charge in [-0.25, -0.2) is 4.68 Å². The number of nitrogens with zero attached hydrogens (tertiary/aromatic N) is 3. The molecule has 3 rings (SSSR count).